The van der Waals surface area contributed by atoms with Crippen LogP contribution in [0.4, 0.5) is 0 Å². The van der Waals surface area contributed by atoms with Crippen LogP contribution in [0.5, 0.6) is 0 Å². The Morgan fingerprint density at radius 1 is 1.04 bits per heavy atom. The van der Waals surface area contributed by atoms with E-state index in [1.54, 1.807) is 0 Å². The lowest BCUT2D eigenvalue weighted by Gasteiger charge is -2.28. The van der Waals surface area contributed by atoms with Gasteiger partial charge in [-0.2, -0.15) is 5.26 Å². The summed E-state index contributed by atoms with van der Waals surface area (Å²) in [5.74, 6) is 0. The van der Waals surface area contributed by atoms with E-state index in [9.17, 15) is 0 Å². The Bertz CT molecular complexity index is 494. The van der Waals surface area contributed by atoms with Gasteiger partial charge in [-0.1, -0.05) is 17.7 Å². The van der Waals surface area contributed by atoms with E-state index in [1.165, 1.54) is 22.3 Å². The second-order valence-corrected chi connectivity index (χ2v) is 6.44. The zero-order chi connectivity index (χ0) is 17.2. The third kappa shape index (κ3) is 7.13. The number of nitrogens with zero attached hydrogens (tertiary/aromatic N) is 3. The third-order valence-electron chi connectivity index (χ3n) is 4.21. The average Bonchev–Trinajstić information content (AvgIpc) is 2.47. The number of aryl methyl sites for hydroxylation is 3. The van der Waals surface area contributed by atoms with Crippen molar-refractivity contribution in [1.29, 1.82) is 5.26 Å². The highest BCUT2D eigenvalue weighted by Crippen LogP contribution is 2.16. The van der Waals surface area contributed by atoms with Crippen molar-refractivity contribution in [3.63, 3.8) is 0 Å². The summed E-state index contributed by atoms with van der Waals surface area (Å²) in [6.45, 7) is 10.5. The SMILES string of the molecule is Cc1cc(C)c(CCNCCN(CCCC#N)N(C)C)c(C)c1. The van der Waals surface area contributed by atoms with E-state index < -0.39 is 0 Å². The van der Waals surface area contributed by atoms with Crippen molar-refractivity contribution < 1.29 is 0 Å². The number of hydrazine groups is 1. The Kier molecular flexibility index (Phi) is 8.86. The van der Waals surface area contributed by atoms with Gasteiger partial charge in [-0.3, -0.25) is 0 Å². The minimum atomic E-state index is 0.629. The van der Waals surface area contributed by atoms with Crippen LogP contribution in [0.15, 0.2) is 12.1 Å². The lowest BCUT2D eigenvalue weighted by atomic mass is 9.97. The standard InChI is InChI=1S/C19H32N4/c1-16-14-17(2)19(18(3)15-16)8-10-21-11-13-23(22(4)5)12-7-6-9-20/h14-15,21H,6-8,10-13H2,1-5H3. The van der Waals surface area contributed by atoms with Crippen LogP contribution in [0, 0.1) is 32.1 Å². The largest absolute Gasteiger partial charge is 0.315 e. The molecule has 0 aliphatic carbocycles. The van der Waals surface area contributed by atoms with Gasteiger partial charge >= 0.3 is 0 Å². The topological polar surface area (TPSA) is 42.3 Å². The summed E-state index contributed by atoms with van der Waals surface area (Å²) in [6.07, 6.45) is 2.63. The first-order chi connectivity index (χ1) is 11.0. The maximum atomic E-state index is 8.64. The second kappa shape index (κ2) is 10.4. The number of nitrogens with one attached hydrogen (secondary N) is 1. The molecule has 0 aliphatic heterocycles. The minimum absolute atomic E-state index is 0.629. The van der Waals surface area contributed by atoms with Crippen molar-refractivity contribution in [2.75, 3.05) is 40.3 Å². The van der Waals surface area contributed by atoms with E-state index in [1.807, 2.05) is 0 Å². The molecule has 0 radical (unpaired) electrons. The molecule has 1 aromatic carbocycles. The Hall–Kier alpha value is -1.41. The lowest BCUT2D eigenvalue weighted by molar-refractivity contribution is 0.0257. The monoisotopic (exact) mass is 316 g/mol. The highest BCUT2D eigenvalue weighted by atomic mass is 15.6. The maximum Gasteiger partial charge on any atom is 0.0622 e. The van der Waals surface area contributed by atoms with E-state index >= 15 is 0 Å². The van der Waals surface area contributed by atoms with Gasteiger partial charge < -0.3 is 5.32 Å². The molecule has 0 spiro atoms. The van der Waals surface area contributed by atoms with Crippen LogP contribution in [-0.2, 0) is 6.42 Å². The Morgan fingerprint density at radius 2 is 1.70 bits per heavy atom. The second-order valence-electron chi connectivity index (χ2n) is 6.44. The van der Waals surface area contributed by atoms with E-state index in [-0.39, 0.29) is 0 Å². The summed E-state index contributed by atoms with van der Waals surface area (Å²) < 4.78 is 0. The molecule has 23 heavy (non-hydrogen) atoms. The fourth-order valence-electron chi connectivity index (χ4n) is 3.00. The molecule has 0 heterocycles. The number of benzene rings is 1. The molecular weight excluding hydrogens is 284 g/mol. The van der Waals surface area contributed by atoms with Crippen LogP contribution in [0.2, 0.25) is 0 Å². The fraction of sp³-hybridized carbons (Fsp3) is 0.632. The molecule has 0 saturated carbocycles. The normalized spacial score (nSPS) is 11.2. The molecular formula is C19H32N4. The van der Waals surface area contributed by atoms with Crippen molar-refractivity contribution >= 4 is 0 Å². The summed E-state index contributed by atoms with van der Waals surface area (Å²) >= 11 is 0. The third-order valence-corrected chi connectivity index (χ3v) is 4.21. The summed E-state index contributed by atoms with van der Waals surface area (Å²) in [7, 11) is 4.12. The van der Waals surface area contributed by atoms with Gasteiger partial charge in [0.1, 0.15) is 0 Å². The molecule has 0 fully saturated rings. The highest BCUT2D eigenvalue weighted by molar-refractivity contribution is 5.37. The summed E-state index contributed by atoms with van der Waals surface area (Å²) in [5.41, 5.74) is 5.61. The van der Waals surface area contributed by atoms with Gasteiger partial charge in [-0.05, 0) is 56.8 Å². The first kappa shape index (κ1) is 19.6. The Balaban J connectivity index is 2.33. The Labute approximate surface area is 142 Å². The van der Waals surface area contributed by atoms with Crippen LogP contribution in [0.25, 0.3) is 0 Å². The van der Waals surface area contributed by atoms with Gasteiger partial charge in [0, 0.05) is 40.2 Å². The number of nitriles is 1. The van der Waals surface area contributed by atoms with Crippen LogP contribution in [0.1, 0.15) is 35.1 Å². The van der Waals surface area contributed by atoms with Gasteiger partial charge in [-0.15, -0.1) is 0 Å². The van der Waals surface area contributed by atoms with E-state index in [4.69, 9.17) is 5.26 Å². The van der Waals surface area contributed by atoms with Crippen LogP contribution < -0.4 is 5.32 Å². The molecule has 4 heteroatoms. The molecule has 128 valence electrons. The van der Waals surface area contributed by atoms with Crippen molar-refractivity contribution in [3.05, 3.63) is 34.4 Å². The molecule has 0 atom stereocenters. The maximum absolute atomic E-state index is 8.64. The van der Waals surface area contributed by atoms with Gasteiger partial charge in [0.25, 0.3) is 0 Å². The summed E-state index contributed by atoms with van der Waals surface area (Å²) in [5, 5.41) is 16.6. The van der Waals surface area contributed by atoms with Gasteiger partial charge in [0.2, 0.25) is 0 Å². The molecule has 0 aliphatic rings. The predicted molar refractivity (Wildman–Crippen MR) is 97.3 cm³/mol. The number of hydrogen-bond donors (Lipinski definition) is 1. The van der Waals surface area contributed by atoms with Gasteiger partial charge in [0.05, 0.1) is 6.07 Å². The van der Waals surface area contributed by atoms with E-state index in [2.05, 4.69) is 68.4 Å². The van der Waals surface area contributed by atoms with E-state index in [0.29, 0.717) is 6.42 Å². The van der Waals surface area contributed by atoms with Crippen molar-refractivity contribution in [3.8, 4) is 6.07 Å². The zero-order valence-electron chi connectivity index (χ0n) is 15.4. The van der Waals surface area contributed by atoms with Crippen molar-refractivity contribution in [2.24, 2.45) is 0 Å². The summed E-state index contributed by atoms with van der Waals surface area (Å²) in [6, 6.07) is 6.75. The molecule has 0 saturated heterocycles. The first-order valence-corrected chi connectivity index (χ1v) is 8.52. The number of hydrogen-bond acceptors (Lipinski definition) is 4. The number of rotatable bonds is 10. The fourth-order valence-corrected chi connectivity index (χ4v) is 3.00. The molecule has 0 amide bonds. The van der Waals surface area contributed by atoms with Crippen molar-refractivity contribution in [1.82, 2.24) is 15.3 Å². The predicted octanol–water partition coefficient (Wildman–Crippen LogP) is 2.83. The summed E-state index contributed by atoms with van der Waals surface area (Å²) in [4.78, 5) is 0. The quantitative estimate of drug-likeness (QED) is 0.532. The molecule has 0 bridgehead atoms. The molecule has 1 aromatic rings. The Morgan fingerprint density at radius 3 is 2.26 bits per heavy atom. The van der Waals surface area contributed by atoms with Crippen molar-refractivity contribution in [2.45, 2.75) is 40.0 Å². The van der Waals surface area contributed by atoms with Gasteiger partial charge in [-0.25, -0.2) is 10.0 Å². The molecule has 0 aromatic heterocycles. The molecule has 1 rings (SSSR count). The molecule has 1 N–H and O–H groups in total. The molecule has 0 unspecified atom stereocenters. The van der Waals surface area contributed by atoms with E-state index in [0.717, 1.165) is 39.0 Å². The molecule has 4 nitrogen and oxygen atoms in total. The first-order valence-electron chi connectivity index (χ1n) is 8.52. The average molecular weight is 316 g/mol. The van der Waals surface area contributed by atoms with Crippen LogP contribution in [-0.4, -0.2) is 50.3 Å². The number of unbranched alkanes of at least 4 members (excludes halogenated alkanes) is 1. The van der Waals surface area contributed by atoms with Crippen LogP contribution in [0.3, 0.4) is 0 Å². The van der Waals surface area contributed by atoms with Crippen LogP contribution >= 0.6 is 0 Å². The highest BCUT2D eigenvalue weighted by Gasteiger charge is 2.07. The lowest BCUT2D eigenvalue weighted by Crippen LogP contribution is -2.42. The minimum Gasteiger partial charge on any atom is -0.315 e. The zero-order valence-corrected chi connectivity index (χ0v) is 15.4. The smallest absolute Gasteiger partial charge is 0.0622 e. The van der Waals surface area contributed by atoms with Gasteiger partial charge in [0.15, 0.2) is 0 Å².